The van der Waals surface area contributed by atoms with E-state index in [4.69, 9.17) is 11.6 Å². The lowest BCUT2D eigenvalue weighted by atomic mass is 10.1. The van der Waals surface area contributed by atoms with Crippen LogP contribution in [0.2, 0.25) is 5.02 Å². The molecule has 0 unspecified atom stereocenters. The molecule has 1 fully saturated rings. The molecule has 5 nitrogen and oxygen atoms in total. The highest BCUT2D eigenvalue weighted by molar-refractivity contribution is 6.33. The van der Waals surface area contributed by atoms with Crippen molar-refractivity contribution in [2.45, 2.75) is 39.0 Å². The summed E-state index contributed by atoms with van der Waals surface area (Å²) in [5, 5.41) is 10.5. The first kappa shape index (κ1) is 16.8. The molecule has 0 saturated carbocycles. The van der Waals surface area contributed by atoms with E-state index in [-0.39, 0.29) is 5.91 Å². The Balaban J connectivity index is 1.68. The lowest BCUT2D eigenvalue weighted by Gasteiger charge is -2.29. The number of aromatic amines is 1. The minimum Gasteiger partial charge on any atom is -0.370 e. The smallest absolute Gasteiger partial charge is 0.276 e. The molecule has 1 aliphatic rings. The van der Waals surface area contributed by atoms with Crippen LogP contribution in [0.1, 0.15) is 48.8 Å². The van der Waals surface area contributed by atoms with Gasteiger partial charge < -0.3 is 10.2 Å². The van der Waals surface area contributed by atoms with Crippen molar-refractivity contribution in [2.75, 3.05) is 23.3 Å². The molecule has 0 bridgehead atoms. The number of benzene rings is 1. The minimum atomic E-state index is -0.226. The van der Waals surface area contributed by atoms with E-state index in [1.807, 2.05) is 18.2 Å². The summed E-state index contributed by atoms with van der Waals surface area (Å²) in [7, 11) is 0. The van der Waals surface area contributed by atoms with Gasteiger partial charge in [-0.3, -0.25) is 9.89 Å². The lowest BCUT2D eigenvalue weighted by Crippen LogP contribution is -2.29. The molecule has 1 aliphatic heterocycles. The summed E-state index contributed by atoms with van der Waals surface area (Å²) in [6.07, 6.45) is 5.58. The molecule has 1 aromatic heterocycles. The number of rotatable bonds is 5. The minimum absolute atomic E-state index is 0.226. The molecule has 0 atom stereocenters. The largest absolute Gasteiger partial charge is 0.370 e. The van der Waals surface area contributed by atoms with Crippen molar-refractivity contribution in [1.29, 1.82) is 0 Å². The van der Waals surface area contributed by atoms with Gasteiger partial charge in [-0.15, -0.1) is 0 Å². The van der Waals surface area contributed by atoms with E-state index < -0.39 is 0 Å². The number of carbonyl (C=O) groups is 1. The summed E-state index contributed by atoms with van der Waals surface area (Å²) >= 11 is 6.42. The number of nitrogens with zero attached hydrogens (tertiary/aromatic N) is 2. The third-order valence-corrected chi connectivity index (χ3v) is 4.59. The van der Waals surface area contributed by atoms with Gasteiger partial charge in [0.1, 0.15) is 0 Å². The van der Waals surface area contributed by atoms with Crippen LogP contribution in [0.3, 0.4) is 0 Å². The van der Waals surface area contributed by atoms with Crippen molar-refractivity contribution in [3.63, 3.8) is 0 Å². The molecule has 2 heterocycles. The fourth-order valence-corrected chi connectivity index (χ4v) is 3.35. The molecule has 1 aromatic carbocycles. The zero-order valence-corrected chi connectivity index (χ0v) is 14.7. The molecule has 2 N–H and O–H groups in total. The fourth-order valence-electron chi connectivity index (χ4n) is 3.05. The number of anilines is 2. The van der Waals surface area contributed by atoms with Gasteiger partial charge >= 0.3 is 0 Å². The number of aryl methyl sites for hydroxylation is 1. The van der Waals surface area contributed by atoms with Gasteiger partial charge in [0.05, 0.1) is 10.7 Å². The van der Waals surface area contributed by atoms with Gasteiger partial charge in [0, 0.05) is 24.5 Å². The topological polar surface area (TPSA) is 61.0 Å². The van der Waals surface area contributed by atoms with Crippen LogP contribution in [0.25, 0.3) is 0 Å². The molecular formula is C18H23ClN4O. The van der Waals surface area contributed by atoms with E-state index in [0.29, 0.717) is 16.4 Å². The van der Waals surface area contributed by atoms with Crippen LogP contribution in [-0.4, -0.2) is 29.2 Å². The monoisotopic (exact) mass is 346 g/mol. The molecule has 1 saturated heterocycles. The van der Waals surface area contributed by atoms with E-state index in [1.54, 1.807) is 6.07 Å². The van der Waals surface area contributed by atoms with Gasteiger partial charge in [0.15, 0.2) is 5.69 Å². The van der Waals surface area contributed by atoms with Gasteiger partial charge in [0.25, 0.3) is 5.91 Å². The summed E-state index contributed by atoms with van der Waals surface area (Å²) in [5.41, 5.74) is 3.10. The molecule has 2 aromatic rings. The Morgan fingerprint density at radius 2 is 2.08 bits per heavy atom. The van der Waals surface area contributed by atoms with Gasteiger partial charge in [-0.05, 0) is 49.9 Å². The third kappa shape index (κ3) is 3.90. The second-order valence-electron chi connectivity index (χ2n) is 6.20. The van der Waals surface area contributed by atoms with E-state index in [1.165, 1.54) is 19.3 Å². The van der Waals surface area contributed by atoms with Crippen LogP contribution in [0.4, 0.5) is 11.4 Å². The zero-order valence-electron chi connectivity index (χ0n) is 13.9. The number of halogens is 1. The third-order valence-electron chi connectivity index (χ3n) is 4.29. The quantitative estimate of drug-likeness (QED) is 0.850. The van der Waals surface area contributed by atoms with Crippen LogP contribution >= 0.6 is 11.6 Å². The summed E-state index contributed by atoms with van der Waals surface area (Å²) < 4.78 is 0. The molecule has 0 radical (unpaired) electrons. The first-order valence-electron chi connectivity index (χ1n) is 8.57. The van der Waals surface area contributed by atoms with Crippen molar-refractivity contribution in [3.8, 4) is 0 Å². The summed E-state index contributed by atoms with van der Waals surface area (Å²) in [4.78, 5) is 14.6. The van der Waals surface area contributed by atoms with Crippen LogP contribution in [0.5, 0.6) is 0 Å². The summed E-state index contributed by atoms with van der Waals surface area (Å²) in [6, 6.07) is 7.48. The second kappa shape index (κ2) is 7.71. The van der Waals surface area contributed by atoms with Crippen LogP contribution in [-0.2, 0) is 6.42 Å². The van der Waals surface area contributed by atoms with Crippen molar-refractivity contribution in [3.05, 3.63) is 40.7 Å². The van der Waals surface area contributed by atoms with Crippen molar-refractivity contribution in [2.24, 2.45) is 0 Å². The predicted octanol–water partition coefficient (Wildman–Crippen LogP) is 4.26. The van der Waals surface area contributed by atoms with Gasteiger partial charge in [-0.25, -0.2) is 0 Å². The van der Waals surface area contributed by atoms with Crippen molar-refractivity contribution >= 4 is 28.9 Å². The Hall–Kier alpha value is -2.01. The van der Waals surface area contributed by atoms with E-state index >= 15 is 0 Å². The molecule has 3 rings (SSSR count). The van der Waals surface area contributed by atoms with Gasteiger partial charge in [-0.2, -0.15) is 5.10 Å². The number of hydrogen-bond acceptors (Lipinski definition) is 3. The average molecular weight is 347 g/mol. The number of aromatic nitrogens is 2. The first-order valence-corrected chi connectivity index (χ1v) is 8.95. The van der Waals surface area contributed by atoms with Crippen molar-refractivity contribution < 1.29 is 4.79 Å². The maximum atomic E-state index is 12.3. The Bertz CT molecular complexity index is 707. The number of piperidine rings is 1. The SMILES string of the molecule is CCCc1cc(C(=O)Nc2ccc(N3CCCCC3)c(Cl)c2)n[nH]1. The van der Waals surface area contributed by atoms with Gasteiger partial charge in [0.2, 0.25) is 0 Å². The number of hydrogen-bond donors (Lipinski definition) is 2. The van der Waals surface area contributed by atoms with Crippen molar-refractivity contribution in [1.82, 2.24) is 10.2 Å². The molecule has 0 aliphatic carbocycles. The maximum Gasteiger partial charge on any atom is 0.276 e. The molecule has 1 amide bonds. The number of amides is 1. The normalized spacial score (nSPS) is 14.7. The van der Waals surface area contributed by atoms with Gasteiger partial charge in [-0.1, -0.05) is 24.9 Å². The Kier molecular flexibility index (Phi) is 5.41. The second-order valence-corrected chi connectivity index (χ2v) is 6.60. The van der Waals surface area contributed by atoms with Crippen LogP contribution in [0.15, 0.2) is 24.3 Å². The Morgan fingerprint density at radius 1 is 1.29 bits per heavy atom. The van der Waals surface area contributed by atoms with E-state index in [0.717, 1.165) is 37.3 Å². The predicted molar refractivity (Wildman–Crippen MR) is 98.1 cm³/mol. The highest BCUT2D eigenvalue weighted by Crippen LogP contribution is 2.30. The Morgan fingerprint density at radius 3 is 2.79 bits per heavy atom. The molecule has 24 heavy (non-hydrogen) atoms. The lowest BCUT2D eigenvalue weighted by molar-refractivity contribution is 0.102. The summed E-state index contributed by atoms with van der Waals surface area (Å²) in [6.45, 7) is 4.17. The van der Waals surface area contributed by atoms with E-state index in [9.17, 15) is 4.79 Å². The molecule has 0 spiro atoms. The highest BCUT2D eigenvalue weighted by atomic mass is 35.5. The molecule has 6 heteroatoms. The van der Waals surface area contributed by atoms with Crippen LogP contribution < -0.4 is 10.2 Å². The number of nitrogens with one attached hydrogen (secondary N) is 2. The molecular weight excluding hydrogens is 324 g/mol. The zero-order chi connectivity index (χ0) is 16.9. The highest BCUT2D eigenvalue weighted by Gasteiger charge is 2.15. The fraction of sp³-hybridized carbons (Fsp3) is 0.444. The summed E-state index contributed by atoms with van der Waals surface area (Å²) in [5.74, 6) is -0.226. The molecule has 128 valence electrons. The standard InChI is InChI=1S/C18H23ClN4O/c1-2-6-14-12-16(22-21-14)18(24)20-13-7-8-17(15(19)11-13)23-9-4-3-5-10-23/h7-8,11-12H,2-6,9-10H2,1H3,(H,20,24)(H,21,22). The van der Waals surface area contributed by atoms with E-state index in [2.05, 4.69) is 27.3 Å². The number of H-pyrrole nitrogens is 1. The van der Waals surface area contributed by atoms with Crippen LogP contribution in [0, 0.1) is 0 Å². The number of carbonyl (C=O) groups excluding carboxylic acids is 1. The Labute approximate surface area is 147 Å². The average Bonchev–Trinajstić information content (AvgIpc) is 3.05. The first-order chi connectivity index (χ1) is 11.7. The maximum absolute atomic E-state index is 12.3.